The summed E-state index contributed by atoms with van der Waals surface area (Å²) < 4.78 is 13.2. The molecule has 1 saturated heterocycles. The van der Waals surface area contributed by atoms with Crippen molar-refractivity contribution >= 4 is 34.2 Å². The van der Waals surface area contributed by atoms with Crippen LogP contribution in [0, 0.1) is 5.82 Å². The molecule has 2 heterocycles. The molecule has 3 aromatic rings. The van der Waals surface area contributed by atoms with E-state index in [1.165, 1.54) is 24.3 Å². The molecule has 4 rings (SSSR count). The Hall–Kier alpha value is -3.63. The molecule has 10 heteroatoms. The number of halogens is 1. The minimum atomic E-state index is -1.30. The number of carbonyl (C=O) groups excluding carboxylic acids is 3. The lowest BCUT2D eigenvalue weighted by Gasteiger charge is -2.27. The molecule has 3 amide bonds. The van der Waals surface area contributed by atoms with Crippen molar-refractivity contribution in [3.05, 3.63) is 70.9 Å². The molecule has 0 unspecified atom stereocenters. The molecule has 1 aliphatic heterocycles. The molecule has 0 atom stereocenters. The lowest BCUT2D eigenvalue weighted by molar-refractivity contribution is -0.120. The molecule has 1 aliphatic rings. The van der Waals surface area contributed by atoms with Crippen LogP contribution in [0.15, 0.2) is 54.6 Å². The van der Waals surface area contributed by atoms with E-state index in [9.17, 15) is 18.8 Å². The van der Waals surface area contributed by atoms with Crippen LogP contribution < -0.4 is 16.0 Å². The minimum absolute atomic E-state index is 0.132. The summed E-state index contributed by atoms with van der Waals surface area (Å²) >= 11 is 1.11. The first-order valence-corrected chi connectivity index (χ1v) is 12.0. The van der Waals surface area contributed by atoms with Gasteiger partial charge < -0.3 is 15.5 Å². The monoisotopic (exact) mass is 495 g/mol. The highest BCUT2D eigenvalue weighted by Gasteiger charge is 2.32. The molecular formula is C25H26FN5O3S. The van der Waals surface area contributed by atoms with Crippen LogP contribution in [0.1, 0.15) is 33.9 Å². The van der Waals surface area contributed by atoms with Gasteiger partial charge in [-0.05, 0) is 38.1 Å². The van der Waals surface area contributed by atoms with Crippen LogP contribution in [0.3, 0.4) is 0 Å². The number of amides is 3. The number of nitrogens with zero attached hydrogens (tertiary/aromatic N) is 2. The fraction of sp³-hybridized carbons (Fsp3) is 0.280. The van der Waals surface area contributed by atoms with Gasteiger partial charge in [-0.2, -0.15) is 0 Å². The summed E-state index contributed by atoms with van der Waals surface area (Å²) in [5.41, 5.74) is 0.207. The van der Waals surface area contributed by atoms with Crippen molar-refractivity contribution in [1.29, 1.82) is 0 Å². The van der Waals surface area contributed by atoms with Gasteiger partial charge in [-0.3, -0.25) is 19.7 Å². The molecule has 1 aromatic heterocycles. The number of nitrogens with one attached hydrogen (secondary N) is 3. The Morgan fingerprint density at radius 1 is 1.03 bits per heavy atom. The normalized spacial score (nSPS) is 13.9. The lowest BCUT2D eigenvalue weighted by atomic mass is 10.0. The van der Waals surface area contributed by atoms with E-state index >= 15 is 0 Å². The lowest BCUT2D eigenvalue weighted by Crippen LogP contribution is -2.52. The maximum Gasteiger partial charge on any atom is 0.266 e. The van der Waals surface area contributed by atoms with Crippen molar-refractivity contribution in [2.24, 2.45) is 0 Å². The Labute approximate surface area is 206 Å². The van der Waals surface area contributed by atoms with Gasteiger partial charge >= 0.3 is 0 Å². The van der Waals surface area contributed by atoms with Crippen LogP contribution in [0.2, 0.25) is 0 Å². The molecule has 1 fully saturated rings. The fourth-order valence-electron chi connectivity index (χ4n) is 3.59. The molecule has 182 valence electrons. The molecular weight excluding hydrogens is 469 g/mol. The summed E-state index contributed by atoms with van der Waals surface area (Å²) in [5.74, 6) is -1.60. The number of thiazole rings is 1. The van der Waals surface area contributed by atoms with E-state index in [1.807, 2.05) is 30.3 Å². The summed E-state index contributed by atoms with van der Waals surface area (Å²) in [5, 5.41) is 8.90. The molecule has 8 nitrogen and oxygen atoms in total. The molecule has 3 N–H and O–H groups in total. The van der Waals surface area contributed by atoms with E-state index in [1.54, 1.807) is 18.7 Å². The molecule has 0 radical (unpaired) electrons. The molecule has 0 saturated carbocycles. The largest absolute Gasteiger partial charge is 0.338 e. The Bertz CT molecular complexity index is 1220. The maximum atomic E-state index is 13.3. The zero-order chi connectivity index (χ0) is 25.0. The van der Waals surface area contributed by atoms with E-state index in [-0.39, 0.29) is 16.6 Å². The van der Waals surface area contributed by atoms with E-state index in [0.717, 1.165) is 30.0 Å². The number of aromatic nitrogens is 1. The first-order chi connectivity index (χ1) is 16.7. The topological polar surface area (TPSA) is 103 Å². The molecule has 2 aromatic carbocycles. The van der Waals surface area contributed by atoms with Gasteiger partial charge in [0, 0.05) is 37.3 Å². The summed E-state index contributed by atoms with van der Waals surface area (Å²) in [6.45, 7) is 5.74. The Morgan fingerprint density at radius 3 is 2.34 bits per heavy atom. The molecule has 35 heavy (non-hydrogen) atoms. The Balaban J connectivity index is 1.55. The predicted molar refractivity (Wildman–Crippen MR) is 133 cm³/mol. The number of benzene rings is 2. The number of hydrogen-bond acceptors (Lipinski definition) is 6. The predicted octanol–water partition coefficient (Wildman–Crippen LogP) is 3.14. The highest BCUT2D eigenvalue weighted by atomic mass is 32.1. The fourth-order valence-corrected chi connectivity index (χ4v) is 4.54. The number of carbonyl (C=O) groups is 3. The highest BCUT2D eigenvalue weighted by molar-refractivity contribution is 7.18. The molecule has 0 bridgehead atoms. The third kappa shape index (κ3) is 5.72. The van der Waals surface area contributed by atoms with Gasteiger partial charge in [-0.15, -0.1) is 0 Å². The van der Waals surface area contributed by atoms with Gasteiger partial charge in [0.2, 0.25) is 0 Å². The summed E-state index contributed by atoms with van der Waals surface area (Å²) in [6, 6.07) is 14.4. The van der Waals surface area contributed by atoms with Crippen LogP contribution >= 0.6 is 11.3 Å². The van der Waals surface area contributed by atoms with E-state index in [2.05, 4.69) is 20.9 Å². The third-order valence-electron chi connectivity index (χ3n) is 5.59. The Kier molecular flexibility index (Phi) is 7.23. The van der Waals surface area contributed by atoms with E-state index in [0.29, 0.717) is 23.7 Å². The zero-order valence-corrected chi connectivity index (χ0v) is 20.2. The summed E-state index contributed by atoms with van der Waals surface area (Å²) in [4.78, 5) is 45.7. The second-order valence-corrected chi connectivity index (χ2v) is 9.64. The number of hydrogen-bond donors (Lipinski definition) is 3. The summed E-state index contributed by atoms with van der Waals surface area (Å²) in [6.07, 6.45) is 0. The van der Waals surface area contributed by atoms with Gasteiger partial charge in [-0.25, -0.2) is 9.37 Å². The van der Waals surface area contributed by atoms with Crippen molar-refractivity contribution in [2.45, 2.75) is 19.4 Å². The zero-order valence-electron chi connectivity index (χ0n) is 19.4. The van der Waals surface area contributed by atoms with E-state index < -0.39 is 23.2 Å². The van der Waals surface area contributed by atoms with Crippen molar-refractivity contribution in [3.8, 4) is 11.3 Å². The molecule has 0 spiro atoms. The van der Waals surface area contributed by atoms with Crippen LogP contribution in [0.5, 0.6) is 0 Å². The van der Waals surface area contributed by atoms with Crippen molar-refractivity contribution < 1.29 is 18.8 Å². The van der Waals surface area contributed by atoms with Gasteiger partial charge in [-0.1, -0.05) is 41.7 Å². The second-order valence-electron chi connectivity index (χ2n) is 8.65. The first kappa shape index (κ1) is 24.5. The van der Waals surface area contributed by atoms with Gasteiger partial charge in [0.15, 0.2) is 5.13 Å². The third-order valence-corrected chi connectivity index (χ3v) is 6.55. The van der Waals surface area contributed by atoms with Crippen molar-refractivity contribution in [1.82, 2.24) is 20.5 Å². The van der Waals surface area contributed by atoms with Crippen LogP contribution in [0.25, 0.3) is 11.3 Å². The van der Waals surface area contributed by atoms with Crippen LogP contribution in [-0.4, -0.2) is 59.3 Å². The first-order valence-electron chi connectivity index (χ1n) is 11.2. The maximum absolute atomic E-state index is 13.3. The second kappa shape index (κ2) is 10.3. The van der Waals surface area contributed by atoms with Crippen molar-refractivity contribution in [2.75, 3.05) is 31.5 Å². The van der Waals surface area contributed by atoms with Crippen molar-refractivity contribution in [3.63, 3.8) is 0 Å². The standard InChI is InChI=1S/C25H26FN5O3S/c1-25(2,30-21(32)17-8-10-18(26)11-9-17)23(34)29-24-28-19(16-6-4-3-5-7-16)20(35-24)22(33)31-14-12-27-13-15-31/h3-11,27H,12-15H2,1-2H3,(H,30,32)(H,28,29,34). The van der Waals surface area contributed by atoms with Crippen LogP contribution in [-0.2, 0) is 4.79 Å². The quantitative estimate of drug-likeness (QED) is 0.488. The van der Waals surface area contributed by atoms with Gasteiger partial charge in [0.25, 0.3) is 17.7 Å². The highest BCUT2D eigenvalue weighted by Crippen LogP contribution is 2.32. The Morgan fingerprint density at radius 2 is 1.69 bits per heavy atom. The average molecular weight is 496 g/mol. The van der Waals surface area contributed by atoms with E-state index in [4.69, 9.17) is 0 Å². The van der Waals surface area contributed by atoms with Crippen LogP contribution in [0.4, 0.5) is 9.52 Å². The molecule has 0 aliphatic carbocycles. The number of rotatable bonds is 6. The minimum Gasteiger partial charge on any atom is -0.338 e. The summed E-state index contributed by atoms with van der Waals surface area (Å²) in [7, 11) is 0. The number of anilines is 1. The number of piperazine rings is 1. The smallest absolute Gasteiger partial charge is 0.266 e. The average Bonchev–Trinajstić information content (AvgIpc) is 3.28. The van der Waals surface area contributed by atoms with Gasteiger partial charge in [0.05, 0.1) is 5.69 Å². The van der Waals surface area contributed by atoms with Gasteiger partial charge in [0.1, 0.15) is 16.2 Å². The SMILES string of the molecule is CC(C)(NC(=O)c1ccc(F)cc1)C(=O)Nc1nc(-c2ccccc2)c(C(=O)N2CCNCC2)s1.